The van der Waals surface area contributed by atoms with Crippen molar-refractivity contribution in [2.75, 3.05) is 6.51 Å². The minimum absolute atomic E-state index is 0.0607. The van der Waals surface area contributed by atoms with Crippen molar-refractivity contribution in [3.8, 4) is 5.75 Å². The number of hydrogen-bond donors (Lipinski definition) is 0. The highest BCUT2D eigenvalue weighted by Crippen LogP contribution is 2.20. The van der Waals surface area contributed by atoms with Crippen molar-refractivity contribution in [2.45, 2.75) is 6.92 Å². The number of aryl methyl sites for hydroxylation is 1. The average molecular weight is 207 g/mol. The van der Waals surface area contributed by atoms with Crippen LogP contribution in [0.1, 0.15) is 5.56 Å². The van der Waals surface area contributed by atoms with Crippen molar-refractivity contribution in [3.05, 3.63) is 29.6 Å². The van der Waals surface area contributed by atoms with Crippen LogP contribution < -0.4 is 4.74 Å². The summed E-state index contributed by atoms with van der Waals surface area (Å²) in [7, 11) is 0. The second-order valence-electron chi connectivity index (χ2n) is 2.93. The molecular weight excluding hydrogens is 199 g/mol. The summed E-state index contributed by atoms with van der Waals surface area (Å²) in [5.41, 5.74) is 0.352. The van der Waals surface area contributed by atoms with E-state index in [1.165, 1.54) is 13.0 Å². The molecule has 78 valence electrons. The quantitative estimate of drug-likeness (QED) is 0.546. The molecule has 0 atom stereocenters. The molecule has 14 heavy (non-hydrogen) atoms. The Morgan fingerprint density at radius 3 is 2.43 bits per heavy atom. The summed E-state index contributed by atoms with van der Waals surface area (Å²) in [5, 5.41) is 0. The van der Waals surface area contributed by atoms with Crippen molar-refractivity contribution in [3.63, 3.8) is 0 Å². The number of halogens is 4. The summed E-state index contributed by atoms with van der Waals surface area (Å²) in [6, 6.07) is 3.37. The molecule has 1 nitrogen and oxygen atoms in total. The van der Waals surface area contributed by atoms with Gasteiger partial charge in [-0.15, -0.1) is 0 Å². The topological polar surface area (TPSA) is 9.23 Å². The molecule has 0 aliphatic carbocycles. The van der Waals surface area contributed by atoms with Crippen LogP contribution >= 0.6 is 0 Å². The van der Waals surface area contributed by atoms with Crippen LogP contribution in [-0.2, 0) is 0 Å². The van der Waals surface area contributed by atoms with Crippen molar-refractivity contribution >= 4 is 6.98 Å². The fraction of sp³-hybridized carbons (Fsp3) is 0.250. The first-order chi connectivity index (χ1) is 6.38. The van der Waals surface area contributed by atoms with Crippen LogP contribution in [0.2, 0.25) is 0 Å². The lowest BCUT2D eigenvalue weighted by Gasteiger charge is -2.16. The molecule has 0 aliphatic heterocycles. The molecule has 1 aromatic carbocycles. The third kappa shape index (κ3) is 3.28. The lowest BCUT2D eigenvalue weighted by molar-refractivity contribution is 0.311. The van der Waals surface area contributed by atoms with Crippen molar-refractivity contribution in [1.29, 1.82) is 0 Å². The van der Waals surface area contributed by atoms with Gasteiger partial charge in [0.05, 0.1) is 6.51 Å². The minimum atomic E-state index is -4.97. The summed E-state index contributed by atoms with van der Waals surface area (Å²) in [5.74, 6) is -0.432. The number of rotatable bonds is 3. The molecule has 0 bridgehead atoms. The monoisotopic (exact) mass is 207 g/mol. The second-order valence-corrected chi connectivity index (χ2v) is 2.93. The van der Waals surface area contributed by atoms with E-state index in [4.69, 9.17) is 0 Å². The molecule has 0 saturated carbocycles. The van der Waals surface area contributed by atoms with Gasteiger partial charge in [0, 0.05) is 0 Å². The van der Waals surface area contributed by atoms with Crippen LogP contribution in [0, 0.1) is 12.7 Å². The fourth-order valence-corrected chi connectivity index (χ4v) is 0.959. The van der Waals surface area contributed by atoms with Gasteiger partial charge in [-0.25, -0.2) is 4.39 Å². The highest BCUT2D eigenvalue weighted by Gasteiger charge is 2.24. The summed E-state index contributed by atoms with van der Waals surface area (Å²) in [6.45, 7) is -4.78. The Morgan fingerprint density at radius 1 is 1.29 bits per heavy atom. The van der Waals surface area contributed by atoms with E-state index < -0.39 is 19.3 Å². The Hall–Kier alpha value is -1.20. The maximum absolute atomic E-state index is 12.5. The Bertz CT molecular complexity index is 324. The van der Waals surface area contributed by atoms with Crippen LogP contribution in [0.15, 0.2) is 18.2 Å². The van der Waals surface area contributed by atoms with E-state index in [-0.39, 0.29) is 5.75 Å². The zero-order valence-corrected chi connectivity index (χ0v) is 7.44. The summed E-state index contributed by atoms with van der Waals surface area (Å²) >= 11 is 0. The summed E-state index contributed by atoms with van der Waals surface area (Å²) < 4.78 is 52.5. The van der Waals surface area contributed by atoms with Crippen molar-refractivity contribution in [2.24, 2.45) is 0 Å². The van der Waals surface area contributed by atoms with Gasteiger partial charge in [0.25, 0.3) is 0 Å². The molecule has 0 spiro atoms. The average Bonchev–Trinajstić information content (AvgIpc) is 2.00. The highest BCUT2D eigenvalue weighted by molar-refractivity contribution is 6.58. The Morgan fingerprint density at radius 2 is 1.93 bits per heavy atom. The molecule has 0 saturated heterocycles. The number of hydrogen-bond acceptors (Lipinski definition) is 1. The van der Waals surface area contributed by atoms with Gasteiger partial charge in [-0.1, -0.05) is 0 Å². The third-order valence-corrected chi connectivity index (χ3v) is 1.56. The van der Waals surface area contributed by atoms with Gasteiger partial charge in [0.15, 0.2) is 0 Å². The molecule has 0 N–H and O–H groups in total. The van der Waals surface area contributed by atoms with Crippen LogP contribution in [0.5, 0.6) is 5.75 Å². The van der Waals surface area contributed by atoms with Gasteiger partial charge in [0.2, 0.25) is 0 Å². The standard InChI is InChI=1S/C8H8BF4O/c1-6-4-7(10)2-3-8(6)14-5-9(11,12)13/h2-4H,5H2,1H3/q-1. The Balaban J connectivity index is 2.68. The zero-order valence-electron chi connectivity index (χ0n) is 7.44. The van der Waals surface area contributed by atoms with Crippen LogP contribution in [0.3, 0.4) is 0 Å². The van der Waals surface area contributed by atoms with E-state index in [9.17, 15) is 17.3 Å². The van der Waals surface area contributed by atoms with Gasteiger partial charge in [-0.05, 0) is 30.7 Å². The maximum Gasteiger partial charge on any atom is 0.515 e. The highest BCUT2D eigenvalue weighted by atomic mass is 19.4. The molecule has 0 aliphatic rings. The van der Waals surface area contributed by atoms with Gasteiger partial charge in [0.1, 0.15) is 11.6 Å². The SMILES string of the molecule is Cc1cc(F)ccc1OC[B-](F)(F)F. The molecule has 1 rings (SSSR count). The molecule has 0 aromatic heterocycles. The first kappa shape index (κ1) is 10.9. The predicted molar refractivity (Wildman–Crippen MR) is 45.7 cm³/mol. The lowest BCUT2D eigenvalue weighted by Crippen LogP contribution is -2.26. The van der Waals surface area contributed by atoms with Crippen LogP contribution in [0.25, 0.3) is 0 Å². The van der Waals surface area contributed by atoms with Gasteiger partial charge in [-0.2, -0.15) is 0 Å². The Labute approximate surface area is 78.7 Å². The molecule has 0 amide bonds. The zero-order chi connectivity index (χ0) is 10.8. The Kier molecular flexibility index (Phi) is 3.03. The van der Waals surface area contributed by atoms with E-state index in [1.807, 2.05) is 0 Å². The normalized spacial score (nSPS) is 11.5. The van der Waals surface area contributed by atoms with E-state index in [2.05, 4.69) is 4.74 Å². The molecule has 0 fully saturated rings. The van der Waals surface area contributed by atoms with Gasteiger partial charge >= 0.3 is 6.98 Å². The molecule has 1 aromatic rings. The first-order valence-corrected chi connectivity index (χ1v) is 3.98. The predicted octanol–water partition coefficient (Wildman–Crippen LogP) is 2.90. The van der Waals surface area contributed by atoms with E-state index in [1.54, 1.807) is 0 Å². The molecule has 6 heteroatoms. The van der Waals surface area contributed by atoms with E-state index in [0.29, 0.717) is 5.56 Å². The maximum atomic E-state index is 12.5. The van der Waals surface area contributed by atoms with Crippen molar-refractivity contribution < 1.29 is 22.1 Å². The summed E-state index contributed by atoms with van der Waals surface area (Å²) in [4.78, 5) is 0. The lowest BCUT2D eigenvalue weighted by atomic mass is 9.95. The van der Waals surface area contributed by atoms with Crippen LogP contribution in [0.4, 0.5) is 17.3 Å². The van der Waals surface area contributed by atoms with Gasteiger partial charge in [-0.3, -0.25) is 0 Å². The molecular formula is C8H8BF4O-. The third-order valence-electron chi connectivity index (χ3n) is 1.56. The first-order valence-electron chi connectivity index (χ1n) is 3.98. The van der Waals surface area contributed by atoms with Crippen LogP contribution in [-0.4, -0.2) is 13.5 Å². The van der Waals surface area contributed by atoms with Crippen molar-refractivity contribution in [1.82, 2.24) is 0 Å². The molecule has 0 radical (unpaired) electrons. The summed E-state index contributed by atoms with van der Waals surface area (Å²) in [6.07, 6.45) is 0. The smallest absolute Gasteiger partial charge is 0.515 e. The largest absolute Gasteiger partial charge is 0.521 e. The molecule has 0 heterocycles. The molecule has 0 unspecified atom stereocenters. The number of ether oxygens (including phenoxy) is 1. The minimum Gasteiger partial charge on any atom is -0.521 e. The van der Waals surface area contributed by atoms with E-state index in [0.717, 1.165) is 12.1 Å². The number of benzene rings is 1. The van der Waals surface area contributed by atoms with E-state index >= 15 is 0 Å². The second kappa shape index (κ2) is 3.90. The van der Waals surface area contributed by atoms with Gasteiger partial charge < -0.3 is 17.7 Å². The fourth-order valence-electron chi connectivity index (χ4n) is 0.959.